The fourth-order valence-corrected chi connectivity index (χ4v) is 3.07. The van der Waals surface area contributed by atoms with Crippen molar-refractivity contribution in [3.63, 3.8) is 0 Å². The van der Waals surface area contributed by atoms with Crippen molar-refractivity contribution in [1.29, 1.82) is 5.26 Å². The number of rotatable bonds is 1. The van der Waals surface area contributed by atoms with Gasteiger partial charge in [0.1, 0.15) is 6.61 Å². The number of carbonyl (C=O) groups excluding carboxylic acids is 1. The van der Waals surface area contributed by atoms with Gasteiger partial charge < -0.3 is 18.1 Å². The summed E-state index contributed by atoms with van der Waals surface area (Å²) in [6.07, 6.45) is -0.269. The molecule has 0 aromatic heterocycles. The van der Waals surface area contributed by atoms with E-state index in [0.29, 0.717) is 6.61 Å². The molecule has 3 saturated heterocycles. The largest absolute Gasteiger partial charge is 0.377 e. The van der Waals surface area contributed by atoms with E-state index in [1.165, 1.54) is 6.08 Å². The third kappa shape index (κ3) is 9.26. The van der Waals surface area contributed by atoms with Crippen molar-refractivity contribution in [2.24, 2.45) is 4.99 Å². The third-order valence-electron chi connectivity index (χ3n) is 2.07. The van der Waals surface area contributed by atoms with Crippen molar-refractivity contribution < 1.29 is 44.5 Å². The first kappa shape index (κ1) is 21.8. The second-order valence-electron chi connectivity index (χ2n) is 3.94. The SMILES string of the molecule is CC1COP(F)O1.N#CC1COP(F)O1.O=C=NC1COP(F)O1. The van der Waals surface area contributed by atoms with E-state index < -0.39 is 38.4 Å². The van der Waals surface area contributed by atoms with Crippen molar-refractivity contribution in [3.05, 3.63) is 0 Å². The van der Waals surface area contributed by atoms with Crippen molar-refractivity contribution in [3.8, 4) is 6.07 Å². The van der Waals surface area contributed by atoms with Crippen LogP contribution in [0.15, 0.2) is 4.99 Å². The van der Waals surface area contributed by atoms with Crippen LogP contribution in [0.3, 0.4) is 0 Å². The van der Waals surface area contributed by atoms with E-state index in [-0.39, 0.29) is 19.3 Å². The summed E-state index contributed by atoms with van der Waals surface area (Å²) in [6, 6.07) is 1.72. The number of aliphatic imine (C=N–C) groups is 1. The van der Waals surface area contributed by atoms with Crippen LogP contribution >= 0.6 is 26.1 Å². The van der Waals surface area contributed by atoms with Crippen LogP contribution in [0.25, 0.3) is 0 Å². The van der Waals surface area contributed by atoms with E-state index >= 15 is 0 Å². The molecule has 24 heavy (non-hydrogen) atoms. The molecule has 0 aromatic rings. The van der Waals surface area contributed by atoms with Crippen LogP contribution in [-0.4, -0.2) is 44.3 Å². The zero-order valence-electron chi connectivity index (χ0n) is 12.1. The Kier molecular flexibility index (Phi) is 11.0. The Labute approximate surface area is 139 Å². The van der Waals surface area contributed by atoms with Gasteiger partial charge in [0.25, 0.3) is 0 Å². The van der Waals surface area contributed by atoms with Gasteiger partial charge in [0, 0.05) is 0 Å². The van der Waals surface area contributed by atoms with Gasteiger partial charge >= 0.3 is 26.1 Å². The molecule has 6 unspecified atom stereocenters. The normalized spacial score (nSPS) is 37.3. The Morgan fingerprint density at radius 2 is 1.58 bits per heavy atom. The molecule has 0 aromatic carbocycles. The molecule has 6 atom stereocenters. The van der Waals surface area contributed by atoms with Gasteiger partial charge in [-0.2, -0.15) is 22.8 Å². The Morgan fingerprint density at radius 3 is 1.88 bits per heavy atom. The minimum absolute atomic E-state index is 0.0114. The highest BCUT2D eigenvalue weighted by molar-refractivity contribution is 7.41. The summed E-state index contributed by atoms with van der Waals surface area (Å²) in [5.74, 6) is 0. The standard InChI is InChI=1S/C3H3FNO3P.C3H3FNO2P.C3H6FO2P/c4-9-7-1-3(8-9)5-2-6;4-8-6-2-3(1-5)7-8;1-3-2-5-7(4)6-3/h3H,1H2;3H,2H2;3H,2H2,1H3. The van der Waals surface area contributed by atoms with Crippen LogP contribution in [-0.2, 0) is 31.9 Å². The summed E-state index contributed by atoms with van der Waals surface area (Å²) in [5, 5.41) is 8.07. The van der Waals surface area contributed by atoms with Crippen molar-refractivity contribution in [1.82, 2.24) is 0 Å². The van der Waals surface area contributed by atoms with Gasteiger partial charge in [0.2, 0.25) is 6.08 Å². The summed E-state index contributed by atoms with van der Waals surface area (Å²) >= 11 is 0. The van der Waals surface area contributed by atoms with E-state index in [9.17, 15) is 17.4 Å². The first-order chi connectivity index (χ1) is 11.4. The summed E-state index contributed by atoms with van der Waals surface area (Å²) < 4.78 is 61.8. The van der Waals surface area contributed by atoms with Crippen LogP contribution in [0.5, 0.6) is 0 Å². The molecule has 15 heteroatoms. The molecule has 0 bridgehead atoms. The lowest BCUT2D eigenvalue weighted by atomic mass is 10.4. The second kappa shape index (κ2) is 12.1. The van der Waals surface area contributed by atoms with Crippen LogP contribution in [0.4, 0.5) is 12.6 Å². The molecule has 0 spiro atoms. The lowest BCUT2D eigenvalue weighted by Crippen LogP contribution is -2.03. The monoisotopic (exact) mass is 410 g/mol. The van der Waals surface area contributed by atoms with Crippen LogP contribution in [0, 0.1) is 11.3 Å². The summed E-state index contributed by atoms with van der Waals surface area (Å²) in [5.41, 5.74) is 0. The average molecular weight is 410 g/mol. The van der Waals surface area contributed by atoms with Gasteiger partial charge in [-0.3, -0.25) is 9.05 Å². The molecule has 0 aliphatic carbocycles. The maximum absolute atomic E-state index is 11.9. The number of isocyanates is 1. The molecule has 3 fully saturated rings. The molecular formula is C9H12F3N2O7P3. The smallest absolute Gasteiger partial charge is 0.306 e. The fourth-order valence-electron chi connectivity index (χ4n) is 1.11. The van der Waals surface area contributed by atoms with E-state index in [0.717, 1.165) is 0 Å². The van der Waals surface area contributed by atoms with Crippen molar-refractivity contribution >= 4 is 32.1 Å². The highest BCUT2D eigenvalue weighted by Gasteiger charge is 2.27. The van der Waals surface area contributed by atoms with Crippen LogP contribution in [0.2, 0.25) is 0 Å². The quantitative estimate of drug-likeness (QED) is 0.366. The maximum Gasteiger partial charge on any atom is 0.377 e. The lowest BCUT2D eigenvalue weighted by molar-refractivity contribution is 0.248. The Hall–Kier alpha value is -0.290. The number of nitrogens with zero attached hydrogens (tertiary/aromatic N) is 2. The number of halogens is 3. The zero-order chi connectivity index (χ0) is 17.9. The number of hydrogen-bond acceptors (Lipinski definition) is 9. The zero-order valence-corrected chi connectivity index (χ0v) is 14.8. The molecule has 0 radical (unpaired) electrons. The minimum atomic E-state index is -2.29. The summed E-state index contributed by atoms with van der Waals surface area (Å²) in [7, 11) is -6.53. The van der Waals surface area contributed by atoms with Gasteiger partial charge in [-0.05, 0) is 6.92 Å². The average Bonchev–Trinajstić information content (AvgIpc) is 3.24. The second-order valence-corrected chi connectivity index (χ2v) is 6.63. The highest BCUT2D eigenvalue weighted by atomic mass is 31.2. The van der Waals surface area contributed by atoms with E-state index in [1.54, 1.807) is 13.0 Å². The van der Waals surface area contributed by atoms with Crippen molar-refractivity contribution in [2.45, 2.75) is 25.4 Å². The Bertz CT molecular complexity index is 462. The van der Waals surface area contributed by atoms with Crippen LogP contribution in [0.1, 0.15) is 6.92 Å². The van der Waals surface area contributed by atoms with Gasteiger partial charge in [-0.15, -0.1) is 0 Å². The van der Waals surface area contributed by atoms with Crippen molar-refractivity contribution in [2.75, 3.05) is 19.8 Å². The fraction of sp³-hybridized carbons (Fsp3) is 0.778. The molecule has 0 saturated carbocycles. The molecule has 3 heterocycles. The maximum atomic E-state index is 11.9. The summed E-state index contributed by atoms with van der Waals surface area (Å²) in [6.45, 7) is 2.26. The molecule has 0 N–H and O–H groups in total. The summed E-state index contributed by atoms with van der Waals surface area (Å²) in [4.78, 5) is 12.6. The molecule has 3 rings (SSSR count). The van der Waals surface area contributed by atoms with E-state index in [2.05, 4.69) is 32.1 Å². The van der Waals surface area contributed by atoms with E-state index in [4.69, 9.17) is 5.26 Å². The predicted molar refractivity (Wildman–Crippen MR) is 76.0 cm³/mol. The minimum Gasteiger partial charge on any atom is -0.306 e. The lowest BCUT2D eigenvalue weighted by Gasteiger charge is -1.92. The third-order valence-corrected chi connectivity index (χ3v) is 4.49. The molecule has 136 valence electrons. The van der Waals surface area contributed by atoms with Gasteiger partial charge in [0.15, 0.2) is 12.3 Å². The topological polar surface area (TPSA) is 109 Å². The number of hydrogen-bond donors (Lipinski definition) is 0. The van der Waals surface area contributed by atoms with E-state index in [1.807, 2.05) is 0 Å². The first-order valence-electron chi connectivity index (χ1n) is 6.18. The molecule has 0 amide bonds. The van der Waals surface area contributed by atoms with Gasteiger partial charge in [-0.25, -0.2) is 4.79 Å². The molecule has 3 aliphatic heterocycles. The Balaban J connectivity index is 0.000000181. The number of nitriles is 1. The molecule has 9 nitrogen and oxygen atoms in total. The van der Waals surface area contributed by atoms with Crippen LogP contribution < -0.4 is 0 Å². The van der Waals surface area contributed by atoms with Gasteiger partial charge in [-0.1, -0.05) is 0 Å². The molecule has 3 aliphatic rings. The highest BCUT2D eigenvalue weighted by Crippen LogP contribution is 2.47. The van der Waals surface area contributed by atoms with Gasteiger partial charge in [0.05, 0.1) is 25.4 Å². The Morgan fingerprint density at radius 1 is 1.00 bits per heavy atom. The molecular weight excluding hydrogens is 398 g/mol. The predicted octanol–water partition coefficient (Wildman–Crippen LogP) is 3.63. The first-order valence-corrected chi connectivity index (χ1v) is 9.38.